The Bertz CT molecular complexity index is 1370. The molecular formula is C35H35NO2. The summed E-state index contributed by atoms with van der Waals surface area (Å²) in [4.78, 5) is 12.5. The van der Waals surface area contributed by atoms with Crippen LogP contribution in [0.5, 0.6) is 5.75 Å². The van der Waals surface area contributed by atoms with Gasteiger partial charge in [0.25, 0.3) is 0 Å². The van der Waals surface area contributed by atoms with Crippen molar-refractivity contribution in [1.29, 1.82) is 0 Å². The van der Waals surface area contributed by atoms with Crippen LogP contribution in [-0.2, 0) is 5.41 Å². The maximum Gasteiger partial charge on any atom is 0.343 e. The van der Waals surface area contributed by atoms with Gasteiger partial charge in [0.05, 0.1) is 11.6 Å². The largest absolute Gasteiger partial charge is 0.423 e. The molecule has 1 aliphatic heterocycles. The molecule has 6 aliphatic rings. The number of fused-ring (bicyclic) bond motifs is 3. The van der Waals surface area contributed by atoms with Crippen LogP contribution in [0.4, 0.5) is 5.69 Å². The first-order valence-corrected chi connectivity index (χ1v) is 14.6. The Balaban J connectivity index is 1.05. The molecule has 9 rings (SSSR count). The van der Waals surface area contributed by atoms with E-state index in [9.17, 15) is 4.79 Å². The zero-order valence-electron chi connectivity index (χ0n) is 21.8. The van der Waals surface area contributed by atoms with Gasteiger partial charge in [0.1, 0.15) is 5.75 Å². The molecule has 0 amide bonds. The van der Waals surface area contributed by atoms with E-state index >= 15 is 0 Å². The van der Waals surface area contributed by atoms with E-state index in [1.54, 1.807) is 17.7 Å². The van der Waals surface area contributed by atoms with Crippen LogP contribution < -0.4 is 10.1 Å². The van der Waals surface area contributed by atoms with Crippen molar-refractivity contribution in [3.8, 4) is 5.75 Å². The molecule has 3 atom stereocenters. The fraction of sp³-hybridized carbons (Fsp3) is 0.400. The Hall–Kier alpha value is -3.33. The predicted octanol–water partition coefficient (Wildman–Crippen LogP) is 8.20. The van der Waals surface area contributed by atoms with Crippen LogP contribution in [0.3, 0.4) is 0 Å². The SMILES string of the molecule is O=C(Oc1ccc([C@@H]2Nc3ccc(C45CC6CC(CC(C6)C4)C5)cc3[C@@H]3C=CC[C@@H]32)cc1)c1ccccc1. The molecule has 3 aromatic carbocycles. The molecule has 3 aromatic rings. The molecule has 4 bridgehead atoms. The van der Waals surface area contributed by atoms with Gasteiger partial charge in [-0.1, -0.05) is 54.6 Å². The van der Waals surface area contributed by atoms with E-state index in [4.69, 9.17) is 4.74 Å². The Morgan fingerprint density at radius 1 is 0.842 bits per heavy atom. The van der Waals surface area contributed by atoms with Crippen molar-refractivity contribution in [2.24, 2.45) is 23.7 Å². The predicted molar refractivity (Wildman–Crippen MR) is 150 cm³/mol. The first-order chi connectivity index (χ1) is 18.6. The van der Waals surface area contributed by atoms with E-state index in [2.05, 4.69) is 47.8 Å². The minimum Gasteiger partial charge on any atom is -0.423 e. The van der Waals surface area contributed by atoms with Crippen molar-refractivity contribution in [3.05, 3.63) is 107 Å². The lowest BCUT2D eigenvalue weighted by atomic mass is 9.48. The van der Waals surface area contributed by atoms with Gasteiger partial charge in [0.15, 0.2) is 0 Å². The van der Waals surface area contributed by atoms with Crippen LogP contribution in [0, 0.1) is 23.7 Å². The van der Waals surface area contributed by atoms with Gasteiger partial charge in [-0.2, -0.15) is 0 Å². The molecule has 3 heteroatoms. The average molecular weight is 502 g/mol. The van der Waals surface area contributed by atoms with E-state index in [1.807, 2.05) is 30.3 Å². The second-order valence-electron chi connectivity index (χ2n) is 12.8. The van der Waals surface area contributed by atoms with Crippen molar-refractivity contribution >= 4 is 11.7 Å². The van der Waals surface area contributed by atoms with E-state index in [0.29, 0.717) is 28.6 Å². The molecule has 4 saturated carbocycles. The van der Waals surface area contributed by atoms with Crippen LogP contribution in [-0.4, -0.2) is 5.97 Å². The lowest BCUT2D eigenvalue weighted by Crippen LogP contribution is -2.48. The third-order valence-electron chi connectivity index (χ3n) is 10.5. The highest BCUT2D eigenvalue weighted by atomic mass is 16.5. The monoisotopic (exact) mass is 501 g/mol. The van der Waals surface area contributed by atoms with E-state index in [0.717, 1.165) is 24.2 Å². The van der Waals surface area contributed by atoms with Gasteiger partial charge in [0.2, 0.25) is 0 Å². The summed E-state index contributed by atoms with van der Waals surface area (Å²) in [5.74, 6) is 4.13. The molecule has 0 saturated heterocycles. The van der Waals surface area contributed by atoms with Gasteiger partial charge in [-0.05, 0) is 121 Å². The van der Waals surface area contributed by atoms with Crippen LogP contribution >= 0.6 is 0 Å². The lowest BCUT2D eigenvalue weighted by Gasteiger charge is -2.57. The molecule has 0 unspecified atom stereocenters. The maximum atomic E-state index is 12.5. The highest BCUT2D eigenvalue weighted by Crippen LogP contribution is 2.61. The third-order valence-corrected chi connectivity index (χ3v) is 10.5. The molecule has 0 spiro atoms. The van der Waals surface area contributed by atoms with Crippen LogP contribution in [0.15, 0.2) is 84.9 Å². The summed E-state index contributed by atoms with van der Waals surface area (Å²) < 4.78 is 5.63. The molecule has 1 N–H and O–H groups in total. The summed E-state index contributed by atoms with van der Waals surface area (Å²) in [6.45, 7) is 0. The minimum absolute atomic E-state index is 0.242. The summed E-state index contributed by atoms with van der Waals surface area (Å²) in [7, 11) is 0. The van der Waals surface area contributed by atoms with Crippen molar-refractivity contribution < 1.29 is 9.53 Å². The first kappa shape index (κ1) is 22.6. The quantitative estimate of drug-likeness (QED) is 0.222. The second-order valence-corrected chi connectivity index (χ2v) is 12.8. The summed E-state index contributed by atoms with van der Waals surface area (Å²) in [5, 5.41) is 3.92. The Kier molecular flexibility index (Phi) is 5.12. The Labute approximate surface area is 225 Å². The number of hydrogen-bond acceptors (Lipinski definition) is 3. The third kappa shape index (κ3) is 3.66. The van der Waals surface area contributed by atoms with Crippen LogP contribution in [0.25, 0.3) is 0 Å². The van der Waals surface area contributed by atoms with Gasteiger partial charge in [-0.3, -0.25) is 0 Å². The van der Waals surface area contributed by atoms with E-state index in [-0.39, 0.29) is 12.0 Å². The number of anilines is 1. The molecule has 3 nitrogen and oxygen atoms in total. The first-order valence-electron chi connectivity index (χ1n) is 14.6. The zero-order valence-corrected chi connectivity index (χ0v) is 21.8. The smallest absolute Gasteiger partial charge is 0.343 e. The lowest BCUT2D eigenvalue weighted by molar-refractivity contribution is -0.00523. The van der Waals surface area contributed by atoms with Crippen molar-refractivity contribution in [2.45, 2.75) is 62.3 Å². The van der Waals surface area contributed by atoms with Crippen molar-refractivity contribution in [2.75, 3.05) is 5.32 Å². The number of carbonyl (C=O) groups is 1. The fourth-order valence-corrected chi connectivity index (χ4v) is 9.20. The van der Waals surface area contributed by atoms with Crippen molar-refractivity contribution in [3.63, 3.8) is 0 Å². The summed E-state index contributed by atoms with van der Waals surface area (Å²) in [6.07, 6.45) is 14.6. The number of carbonyl (C=O) groups excluding carboxylic acids is 1. The average Bonchev–Trinajstić information content (AvgIpc) is 3.43. The van der Waals surface area contributed by atoms with Crippen molar-refractivity contribution in [1.82, 2.24) is 0 Å². The molecule has 38 heavy (non-hydrogen) atoms. The van der Waals surface area contributed by atoms with Gasteiger partial charge in [-0.15, -0.1) is 0 Å². The standard InChI is InChI=1S/C35H35NO2/c37-34(26-5-2-1-3-6-26)38-28-12-9-25(10-13-28)33-30-8-4-7-29(30)31-18-27(11-14-32(31)36-33)35-19-22-15-23(20-35)17-24(16-22)21-35/h1-7,9-14,18,22-24,29-30,33,36H,8,15-17,19-21H2/t22?,23?,24?,29-,30+,33+,35?/m1/s1. The molecule has 0 aromatic heterocycles. The van der Waals surface area contributed by atoms with Crippen LogP contribution in [0.2, 0.25) is 0 Å². The summed E-state index contributed by atoms with van der Waals surface area (Å²) in [5.41, 5.74) is 6.66. The molecule has 192 valence electrons. The summed E-state index contributed by atoms with van der Waals surface area (Å²) >= 11 is 0. The zero-order chi connectivity index (χ0) is 25.3. The molecule has 1 heterocycles. The highest BCUT2D eigenvalue weighted by molar-refractivity contribution is 5.90. The Morgan fingerprint density at radius 2 is 1.55 bits per heavy atom. The van der Waals surface area contributed by atoms with E-state index in [1.165, 1.54) is 55.3 Å². The van der Waals surface area contributed by atoms with Crippen LogP contribution in [0.1, 0.15) is 84.0 Å². The summed E-state index contributed by atoms with van der Waals surface area (Å²) in [6, 6.07) is 25.0. The number of allylic oxidation sites excluding steroid dienone is 2. The molecule has 4 fully saturated rings. The fourth-order valence-electron chi connectivity index (χ4n) is 9.20. The molecule has 0 radical (unpaired) electrons. The van der Waals surface area contributed by atoms with Gasteiger partial charge in [0, 0.05) is 11.6 Å². The topological polar surface area (TPSA) is 38.3 Å². The molecular weight excluding hydrogens is 466 g/mol. The number of esters is 1. The number of rotatable bonds is 4. The number of ether oxygens (including phenoxy) is 1. The maximum absolute atomic E-state index is 12.5. The normalized spacial score (nSPS) is 33.9. The second kappa shape index (κ2) is 8.59. The Morgan fingerprint density at radius 3 is 2.26 bits per heavy atom. The molecule has 5 aliphatic carbocycles. The number of nitrogens with one attached hydrogen (secondary N) is 1. The number of hydrogen-bond donors (Lipinski definition) is 1. The number of benzene rings is 3. The van der Waals surface area contributed by atoms with Gasteiger partial charge in [-0.25, -0.2) is 4.79 Å². The van der Waals surface area contributed by atoms with E-state index < -0.39 is 0 Å². The highest BCUT2D eigenvalue weighted by Gasteiger charge is 2.52. The van der Waals surface area contributed by atoms with Gasteiger partial charge >= 0.3 is 5.97 Å². The minimum atomic E-state index is -0.321. The van der Waals surface area contributed by atoms with Gasteiger partial charge < -0.3 is 10.1 Å².